The molecule has 24 heavy (non-hydrogen) atoms. The smallest absolute Gasteiger partial charge is 0.303 e. The van der Waals surface area contributed by atoms with Gasteiger partial charge in [-0.2, -0.15) is 0 Å². The summed E-state index contributed by atoms with van der Waals surface area (Å²) in [7, 11) is 1.76. The number of nitrogens with zero attached hydrogens (tertiary/aromatic N) is 1. The zero-order valence-electron chi connectivity index (χ0n) is 15.1. The van der Waals surface area contributed by atoms with Crippen molar-refractivity contribution in [2.75, 3.05) is 13.6 Å². The molecule has 0 bridgehead atoms. The Morgan fingerprint density at radius 2 is 1.75 bits per heavy atom. The van der Waals surface area contributed by atoms with Crippen LogP contribution in [-0.4, -0.2) is 46.7 Å². The second-order valence-electron chi connectivity index (χ2n) is 6.10. The molecule has 5 nitrogen and oxygen atoms in total. The van der Waals surface area contributed by atoms with Gasteiger partial charge in [0.2, 0.25) is 5.91 Å². The lowest BCUT2D eigenvalue weighted by atomic mass is 10.1. The van der Waals surface area contributed by atoms with E-state index in [1.165, 1.54) is 0 Å². The minimum absolute atomic E-state index is 0.0681. The van der Waals surface area contributed by atoms with Crippen molar-refractivity contribution in [2.24, 2.45) is 0 Å². The van der Waals surface area contributed by atoms with Crippen molar-refractivity contribution in [1.29, 1.82) is 0 Å². The van der Waals surface area contributed by atoms with Crippen LogP contribution >= 0.6 is 0 Å². The van der Waals surface area contributed by atoms with Crippen molar-refractivity contribution in [1.82, 2.24) is 4.90 Å². The minimum atomic E-state index is -0.785. The van der Waals surface area contributed by atoms with Gasteiger partial charge in [-0.3, -0.25) is 9.59 Å². The van der Waals surface area contributed by atoms with Crippen LogP contribution in [0.15, 0.2) is 24.3 Å². The summed E-state index contributed by atoms with van der Waals surface area (Å²) >= 11 is 0. The fraction of sp³-hybridized carbons (Fsp3) is 0.684. The zero-order valence-corrected chi connectivity index (χ0v) is 15.1. The second-order valence-corrected chi connectivity index (χ2v) is 6.10. The highest BCUT2D eigenvalue weighted by Crippen LogP contribution is 2.06. The monoisotopic (exact) mass is 339 g/mol. The number of carbonyl (C=O) groups excluding carboxylic acids is 1. The number of rotatable bonds is 14. The van der Waals surface area contributed by atoms with E-state index in [1.54, 1.807) is 18.0 Å². The molecule has 0 aromatic heterocycles. The largest absolute Gasteiger partial charge is 0.481 e. The first-order valence-corrected chi connectivity index (χ1v) is 8.94. The average Bonchev–Trinajstić information content (AvgIpc) is 2.53. The van der Waals surface area contributed by atoms with Gasteiger partial charge in [0.1, 0.15) is 0 Å². The van der Waals surface area contributed by atoms with Crippen LogP contribution in [0.1, 0.15) is 64.7 Å². The molecule has 0 aromatic carbocycles. The van der Waals surface area contributed by atoms with Crippen LogP contribution < -0.4 is 0 Å². The summed E-state index contributed by atoms with van der Waals surface area (Å²) in [4.78, 5) is 23.9. The van der Waals surface area contributed by atoms with E-state index in [1.807, 2.05) is 18.2 Å². The third-order valence-electron chi connectivity index (χ3n) is 3.77. The molecule has 0 saturated carbocycles. The van der Waals surface area contributed by atoms with Gasteiger partial charge in [-0.15, -0.1) is 0 Å². The highest BCUT2D eigenvalue weighted by molar-refractivity contribution is 5.75. The molecule has 0 heterocycles. The molecule has 138 valence electrons. The van der Waals surface area contributed by atoms with Crippen LogP contribution in [0.3, 0.4) is 0 Å². The molecule has 0 rings (SSSR count). The van der Waals surface area contributed by atoms with E-state index < -0.39 is 12.1 Å². The van der Waals surface area contributed by atoms with E-state index in [0.29, 0.717) is 19.4 Å². The van der Waals surface area contributed by atoms with Crippen molar-refractivity contribution < 1.29 is 19.8 Å². The molecule has 2 N–H and O–H groups in total. The fourth-order valence-corrected chi connectivity index (χ4v) is 2.21. The zero-order chi connectivity index (χ0) is 18.2. The van der Waals surface area contributed by atoms with Gasteiger partial charge in [0.25, 0.3) is 0 Å². The number of aliphatic hydroxyl groups is 1. The Hall–Kier alpha value is -1.62. The Morgan fingerprint density at radius 3 is 2.42 bits per heavy atom. The van der Waals surface area contributed by atoms with Gasteiger partial charge in [-0.25, -0.2) is 0 Å². The standard InChI is InChI=1S/C19H33NO4/c1-3-4-7-12-17(21)13-8-6-11-16-20(2)18(22)14-9-5-10-15-19(23)24/h6,8,11,13,17,21H,3-5,7,9-10,12,14-16H2,1-2H3,(H,23,24)/b11-6-,13-8+/t17-/m0/s1. The lowest BCUT2D eigenvalue weighted by Crippen LogP contribution is -2.26. The average molecular weight is 339 g/mol. The SMILES string of the molecule is CCCCC[C@H](O)/C=C/C=C\CN(C)C(=O)CCCCCC(=O)O. The van der Waals surface area contributed by atoms with Crippen LogP contribution in [0.25, 0.3) is 0 Å². The highest BCUT2D eigenvalue weighted by Gasteiger charge is 2.06. The van der Waals surface area contributed by atoms with Crippen molar-refractivity contribution >= 4 is 11.9 Å². The van der Waals surface area contributed by atoms with Gasteiger partial charge in [0.05, 0.1) is 6.10 Å². The molecule has 0 unspecified atom stereocenters. The first-order chi connectivity index (χ1) is 11.5. The molecular weight excluding hydrogens is 306 g/mol. The number of carboxylic acids is 1. The maximum absolute atomic E-state index is 11.9. The van der Waals surface area contributed by atoms with E-state index in [4.69, 9.17) is 5.11 Å². The molecule has 0 radical (unpaired) electrons. The predicted molar refractivity (Wildman–Crippen MR) is 96.8 cm³/mol. The summed E-state index contributed by atoms with van der Waals surface area (Å²) in [6.45, 7) is 2.67. The Balaban J connectivity index is 3.79. The summed E-state index contributed by atoms with van der Waals surface area (Å²) in [6.07, 6.45) is 13.8. The van der Waals surface area contributed by atoms with E-state index in [0.717, 1.165) is 38.5 Å². The summed E-state index contributed by atoms with van der Waals surface area (Å²) < 4.78 is 0. The van der Waals surface area contributed by atoms with E-state index in [9.17, 15) is 14.7 Å². The molecule has 1 atom stereocenters. The molecule has 0 aliphatic carbocycles. The first kappa shape index (κ1) is 22.4. The third kappa shape index (κ3) is 14.0. The number of unbranched alkanes of at least 4 members (excludes halogenated alkanes) is 4. The number of carbonyl (C=O) groups is 2. The van der Waals surface area contributed by atoms with Crippen molar-refractivity contribution in [3.8, 4) is 0 Å². The molecule has 0 fully saturated rings. The molecule has 5 heteroatoms. The van der Waals surface area contributed by atoms with E-state index in [-0.39, 0.29) is 12.3 Å². The number of hydrogen-bond acceptors (Lipinski definition) is 3. The highest BCUT2D eigenvalue weighted by atomic mass is 16.4. The molecule has 0 aromatic rings. The number of aliphatic hydroxyl groups excluding tert-OH is 1. The van der Waals surface area contributed by atoms with Gasteiger partial charge in [0.15, 0.2) is 0 Å². The van der Waals surface area contributed by atoms with Gasteiger partial charge in [-0.05, 0) is 19.3 Å². The number of likely N-dealkylation sites (N-methyl/N-ethyl adjacent to an activating group) is 1. The lowest BCUT2D eigenvalue weighted by molar-refractivity contribution is -0.137. The Morgan fingerprint density at radius 1 is 1.04 bits per heavy atom. The molecule has 0 aliphatic rings. The summed E-state index contributed by atoms with van der Waals surface area (Å²) in [5.74, 6) is -0.717. The van der Waals surface area contributed by atoms with E-state index >= 15 is 0 Å². The second kappa shape index (κ2) is 14.9. The van der Waals surface area contributed by atoms with Gasteiger partial charge < -0.3 is 15.1 Å². The van der Waals surface area contributed by atoms with Gasteiger partial charge >= 0.3 is 5.97 Å². The van der Waals surface area contributed by atoms with E-state index in [2.05, 4.69) is 6.92 Å². The van der Waals surface area contributed by atoms with Crippen LogP contribution in [0, 0.1) is 0 Å². The molecule has 0 aliphatic heterocycles. The van der Waals surface area contributed by atoms with Crippen molar-refractivity contribution in [2.45, 2.75) is 70.8 Å². The summed E-state index contributed by atoms with van der Waals surface area (Å²) in [5.41, 5.74) is 0. The van der Waals surface area contributed by atoms with Crippen molar-refractivity contribution in [3.05, 3.63) is 24.3 Å². The summed E-state index contributed by atoms with van der Waals surface area (Å²) in [5, 5.41) is 18.3. The molecular formula is C19H33NO4. The fourth-order valence-electron chi connectivity index (χ4n) is 2.21. The maximum atomic E-state index is 11.9. The maximum Gasteiger partial charge on any atom is 0.303 e. The first-order valence-electron chi connectivity index (χ1n) is 8.94. The number of carboxylic acid groups (broad SMARTS) is 1. The summed E-state index contributed by atoms with van der Waals surface area (Å²) in [6, 6.07) is 0. The normalized spacial score (nSPS) is 12.8. The van der Waals surface area contributed by atoms with Crippen LogP contribution in [0.4, 0.5) is 0 Å². The minimum Gasteiger partial charge on any atom is -0.481 e. The van der Waals surface area contributed by atoms with Gasteiger partial charge in [0, 0.05) is 26.4 Å². The molecule has 1 amide bonds. The Kier molecular flexibility index (Phi) is 13.9. The predicted octanol–water partition coefficient (Wildman–Crippen LogP) is 3.53. The van der Waals surface area contributed by atoms with Crippen LogP contribution in [0.2, 0.25) is 0 Å². The van der Waals surface area contributed by atoms with Crippen LogP contribution in [0.5, 0.6) is 0 Å². The lowest BCUT2D eigenvalue weighted by Gasteiger charge is -2.14. The number of allylic oxidation sites excluding steroid dienone is 2. The van der Waals surface area contributed by atoms with Crippen molar-refractivity contribution in [3.63, 3.8) is 0 Å². The number of amides is 1. The Bertz CT molecular complexity index is 404. The number of hydrogen-bond donors (Lipinski definition) is 2. The topological polar surface area (TPSA) is 77.8 Å². The number of aliphatic carboxylic acids is 1. The van der Waals surface area contributed by atoms with Gasteiger partial charge in [-0.1, -0.05) is 56.9 Å². The third-order valence-corrected chi connectivity index (χ3v) is 3.77. The van der Waals surface area contributed by atoms with Crippen LogP contribution in [-0.2, 0) is 9.59 Å². The Labute approximate surface area is 146 Å². The molecule has 0 saturated heterocycles. The molecule has 0 spiro atoms. The quantitative estimate of drug-likeness (QED) is 0.375.